The number of benzene rings is 1. The number of fused-ring (bicyclic) bond motifs is 11. The van der Waals surface area contributed by atoms with Crippen LogP contribution in [0.2, 0.25) is 0 Å². The lowest BCUT2D eigenvalue weighted by Crippen LogP contribution is -2.45. The largest absolute Gasteiger partial charge is 0.196 e. The second-order valence-electron chi connectivity index (χ2n) is 7.99. The normalized spacial score (nSPS) is 31.0. The van der Waals surface area contributed by atoms with Crippen molar-refractivity contribution in [2.75, 3.05) is 0 Å². The number of thioether (sulfide) groups is 2. The predicted molar refractivity (Wildman–Crippen MR) is 107 cm³/mol. The SMILES string of the molecule is N#CC1(C#N)C2SC(c3c2ccc2c3C3SC2C(C#N)(C#N)C3(C#N)C#N)C1(C#N)C#N. The van der Waals surface area contributed by atoms with Crippen LogP contribution in [0.5, 0.6) is 0 Å². The summed E-state index contributed by atoms with van der Waals surface area (Å²) in [6.45, 7) is 0. The van der Waals surface area contributed by atoms with Crippen LogP contribution < -0.4 is 0 Å². The molecule has 0 aliphatic carbocycles. The lowest BCUT2D eigenvalue weighted by Gasteiger charge is -2.40. The zero-order valence-corrected chi connectivity index (χ0v) is 17.5. The van der Waals surface area contributed by atoms with Crippen LogP contribution in [0.3, 0.4) is 0 Å². The van der Waals surface area contributed by atoms with Crippen molar-refractivity contribution in [3.8, 4) is 48.6 Å². The molecule has 4 atom stereocenters. The molecule has 4 aliphatic heterocycles. The van der Waals surface area contributed by atoms with Gasteiger partial charge in [0.05, 0.1) is 69.6 Å². The molecular formula is C22H6N8S2. The summed E-state index contributed by atoms with van der Waals surface area (Å²) < 4.78 is 0. The van der Waals surface area contributed by atoms with Crippen LogP contribution in [0.15, 0.2) is 12.1 Å². The lowest BCUT2D eigenvalue weighted by molar-refractivity contribution is 0.276. The maximum Gasteiger partial charge on any atom is 0.192 e. The molecule has 32 heavy (non-hydrogen) atoms. The number of nitriles is 8. The maximum atomic E-state index is 10.0. The molecule has 5 rings (SSSR count). The van der Waals surface area contributed by atoms with Crippen molar-refractivity contribution >= 4 is 23.5 Å². The van der Waals surface area contributed by atoms with Crippen LogP contribution >= 0.6 is 23.5 Å². The number of hydrogen-bond donors (Lipinski definition) is 0. The van der Waals surface area contributed by atoms with Crippen molar-refractivity contribution in [2.45, 2.75) is 21.0 Å². The van der Waals surface area contributed by atoms with E-state index in [2.05, 4.69) is 0 Å². The van der Waals surface area contributed by atoms with Gasteiger partial charge >= 0.3 is 0 Å². The van der Waals surface area contributed by atoms with Crippen molar-refractivity contribution in [1.82, 2.24) is 0 Å². The van der Waals surface area contributed by atoms with Crippen LogP contribution in [-0.4, -0.2) is 0 Å². The number of nitrogens with zero attached hydrogens (tertiary/aromatic N) is 8. The van der Waals surface area contributed by atoms with Crippen LogP contribution in [0.25, 0.3) is 0 Å². The van der Waals surface area contributed by atoms with Gasteiger partial charge in [0, 0.05) is 0 Å². The first-order chi connectivity index (χ1) is 15.4. The fraction of sp³-hybridized carbons (Fsp3) is 0.364. The van der Waals surface area contributed by atoms with Gasteiger partial charge in [0.2, 0.25) is 0 Å². The average Bonchev–Trinajstić information content (AvgIpc) is 3.56. The van der Waals surface area contributed by atoms with E-state index in [1.54, 1.807) is 12.1 Å². The highest BCUT2D eigenvalue weighted by molar-refractivity contribution is 8.01. The summed E-state index contributed by atoms with van der Waals surface area (Å²) in [6.07, 6.45) is 0. The van der Waals surface area contributed by atoms with Gasteiger partial charge < -0.3 is 0 Å². The van der Waals surface area contributed by atoms with Crippen molar-refractivity contribution in [3.63, 3.8) is 0 Å². The van der Waals surface area contributed by atoms with E-state index in [1.165, 1.54) is 23.5 Å². The second kappa shape index (κ2) is 5.75. The van der Waals surface area contributed by atoms with E-state index < -0.39 is 42.7 Å². The first kappa shape index (κ1) is 19.8. The highest BCUT2D eigenvalue weighted by atomic mass is 32.2. The van der Waals surface area contributed by atoms with Gasteiger partial charge in [0.15, 0.2) is 21.7 Å². The Morgan fingerprint density at radius 1 is 0.469 bits per heavy atom. The zero-order chi connectivity index (χ0) is 23.1. The molecule has 4 aliphatic rings. The zero-order valence-electron chi connectivity index (χ0n) is 15.9. The minimum absolute atomic E-state index is 0.584. The molecule has 0 N–H and O–H groups in total. The van der Waals surface area contributed by atoms with Gasteiger partial charge in [-0.3, -0.25) is 0 Å². The smallest absolute Gasteiger partial charge is 0.192 e. The molecule has 4 bridgehead atoms. The summed E-state index contributed by atoms with van der Waals surface area (Å²) in [5.74, 6) is 0. The minimum atomic E-state index is -1.94. The van der Waals surface area contributed by atoms with Crippen LogP contribution in [0.1, 0.15) is 43.3 Å². The molecule has 2 fully saturated rings. The van der Waals surface area contributed by atoms with E-state index in [1.807, 2.05) is 48.6 Å². The number of rotatable bonds is 0. The fourth-order valence-corrected chi connectivity index (χ4v) is 9.71. The van der Waals surface area contributed by atoms with E-state index in [0.29, 0.717) is 22.3 Å². The Kier molecular flexibility index (Phi) is 3.55. The van der Waals surface area contributed by atoms with Gasteiger partial charge in [-0.05, 0) is 22.3 Å². The van der Waals surface area contributed by atoms with Crippen molar-refractivity contribution in [1.29, 1.82) is 42.1 Å². The van der Waals surface area contributed by atoms with Gasteiger partial charge in [-0.2, -0.15) is 42.1 Å². The molecular weight excluding hydrogens is 440 g/mol. The lowest BCUT2D eigenvalue weighted by atomic mass is 9.53. The average molecular weight is 446 g/mol. The summed E-state index contributed by atoms with van der Waals surface area (Å²) in [6, 6.07) is 19.0. The van der Waals surface area contributed by atoms with Gasteiger partial charge in [0.25, 0.3) is 0 Å². The quantitative estimate of drug-likeness (QED) is 0.569. The van der Waals surface area contributed by atoms with Gasteiger partial charge in [0.1, 0.15) is 0 Å². The van der Waals surface area contributed by atoms with Crippen molar-refractivity contribution in [3.05, 3.63) is 34.4 Å². The Morgan fingerprint density at radius 3 is 0.969 bits per heavy atom. The Bertz CT molecular complexity index is 1320. The van der Waals surface area contributed by atoms with E-state index in [0.717, 1.165) is 0 Å². The topological polar surface area (TPSA) is 190 Å². The Hall–Kier alpha value is -4.16. The van der Waals surface area contributed by atoms with E-state index >= 15 is 0 Å². The summed E-state index contributed by atoms with van der Waals surface area (Å²) in [7, 11) is 0. The molecule has 146 valence electrons. The maximum absolute atomic E-state index is 10.0. The number of hydrogen-bond acceptors (Lipinski definition) is 10. The third-order valence-electron chi connectivity index (χ3n) is 7.22. The fourth-order valence-electron chi connectivity index (χ4n) is 5.68. The summed E-state index contributed by atoms with van der Waals surface area (Å²) in [5.41, 5.74) is -5.21. The predicted octanol–water partition coefficient (Wildman–Crippen LogP) is 3.51. The molecule has 4 unspecified atom stereocenters. The monoisotopic (exact) mass is 446 g/mol. The standard InChI is InChI=1S/C22H6N8S2/c23-3-19(4-24)15-11-1-2-12-14(13(11)17(31-15)21(19,7-27)8-28)18-22(9-29,10-30)20(5-25,6-26)16(12)32-18/h1-2,15-18H. The summed E-state index contributed by atoms with van der Waals surface area (Å²) >= 11 is 2.40. The molecule has 10 heteroatoms. The molecule has 4 heterocycles. The Labute approximate surface area is 191 Å². The third-order valence-corrected chi connectivity index (χ3v) is 10.7. The van der Waals surface area contributed by atoms with Crippen LogP contribution in [-0.2, 0) is 0 Å². The van der Waals surface area contributed by atoms with Crippen LogP contribution in [0.4, 0.5) is 0 Å². The Morgan fingerprint density at radius 2 is 0.719 bits per heavy atom. The molecule has 8 nitrogen and oxygen atoms in total. The molecule has 0 radical (unpaired) electrons. The first-order valence-electron chi connectivity index (χ1n) is 9.20. The third kappa shape index (κ3) is 1.51. The van der Waals surface area contributed by atoms with Gasteiger partial charge in [-0.15, -0.1) is 23.5 Å². The molecule has 0 spiro atoms. The van der Waals surface area contributed by atoms with E-state index in [9.17, 15) is 42.1 Å². The van der Waals surface area contributed by atoms with Gasteiger partial charge in [-0.25, -0.2) is 0 Å². The molecule has 2 saturated heterocycles. The second-order valence-corrected chi connectivity index (χ2v) is 10.4. The molecule has 0 saturated carbocycles. The first-order valence-corrected chi connectivity index (χ1v) is 11.1. The summed E-state index contributed by atoms with van der Waals surface area (Å²) in [4.78, 5) is 0. The van der Waals surface area contributed by atoms with Gasteiger partial charge in [-0.1, -0.05) is 12.1 Å². The van der Waals surface area contributed by atoms with E-state index in [4.69, 9.17) is 0 Å². The molecule has 0 amide bonds. The van der Waals surface area contributed by atoms with E-state index in [-0.39, 0.29) is 0 Å². The molecule has 1 aromatic carbocycles. The highest BCUT2D eigenvalue weighted by Gasteiger charge is 2.78. The van der Waals surface area contributed by atoms with Crippen LogP contribution in [0, 0.1) is 112 Å². The van der Waals surface area contributed by atoms with Crippen molar-refractivity contribution < 1.29 is 0 Å². The molecule has 0 aromatic heterocycles. The van der Waals surface area contributed by atoms with Crippen molar-refractivity contribution in [2.24, 2.45) is 21.7 Å². The summed E-state index contributed by atoms with van der Waals surface area (Å²) in [5, 5.41) is 76.5. The highest BCUT2D eigenvalue weighted by Crippen LogP contribution is 2.82. The Balaban J connectivity index is 1.87. The minimum Gasteiger partial charge on any atom is -0.196 e. The molecule has 1 aromatic rings.